The van der Waals surface area contributed by atoms with Crippen LogP contribution < -0.4 is 15.4 Å². The number of amides is 1. The second kappa shape index (κ2) is 9.36. The zero-order chi connectivity index (χ0) is 14.4. The Labute approximate surface area is 140 Å². The van der Waals surface area contributed by atoms with Gasteiger partial charge in [0.15, 0.2) is 0 Å². The Hall–Kier alpha value is -0.680. The Morgan fingerprint density at radius 2 is 2.24 bits per heavy atom. The SMILES string of the molecule is Cl.O=C(CCCOc1ccc(Cl)cc1Cl)NC1CCNC1. The summed E-state index contributed by atoms with van der Waals surface area (Å²) in [7, 11) is 0. The van der Waals surface area contributed by atoms with Crippen molar-refractivity contribution in [1.82, 2.24) is 10.6 Å². The number of hydrogen-bond acceptors (Lipinski definition) is 3. The minimum Gasteiger partial charge on any atom is -0.492 e. The second-order valence-corrected chi connectivity index (χ2v) is 5.63. The number of halogens is 3. The van der Waals surface area contributed by atoms with Gasteiger partial charge in [-0.05, 0) is 37.6 Å². The van der Waals surface area contributed by atoms with E-state index in [-0.39, 0.29) is 24.4 Å². The van der Waals surface area contributed by atoms with E-state index in [1.54, 1.807) is 18.2 Å². The fraction of sp³-hybridized carbons (Fsp3) is 0.500. The lowest BCUT2D eigenvalue weighted by Crippen LogP contribution is -2.36. The normalized spacial score (nSPS) is 17.1. The molecule has 0 saturated carbocycles. The monoisotopic (exact) mass is 352 g/mol. The largest absolute Gasteiger partial charge is 0.492 e. The van der Waals surface area contributed by atoms with E-state index < -0.39 is 0 Å². The van der Waals surface area contributed by atoms with E-state index in [1.807, 2.05) is 0 Å². The highest BCUT2D eigenvalue weighted by molar-refractivity contribution is 6.35. The van der Waals surface area contributed by atoms with E-state index in [0.29, 0.717) is 35.2 Å². The van der Waals surface area contributed by atoms with E-state index in [1.165, 1.54) is 0 Å². The quantitative estimate of drug-likeness (QED) is 0.773. The highest BCUT2D eigenvalue weighted by Gasteiger charge is 2.16. The minimum absolute atomic E-state index is 0. The van der Waals surface area contributed by atoms with Gasteiger partial charge >= 0.3 is 0 Å². The first-order chi connectivity index (χ1) is 9.65. The van der Waals surface area contributed by atoms with Crippen LogP contribution in [0.1, 0.15) is 19.3 Å². The Bertz CT molecular complexity index is 466. The highest BCUT2D eigenvalue weighted by Crippen LogP contribution is 2.27. The van der Waals surface area contributed by atoms with Crippen molar-refractivity contribution in [2.75, 3.05) is 19.7 Å². The third kappa shape index (κ3) is 6.30. The number of rotatable bonds is 6. The van der Waals surface area contributed by atoms with Crippen LogP contribution in [-0.4, -0.2) is 31.6 Å². The molecule has 1 aliphatic rings. The third-order valence-electron chi connectivity index (χ3n) is 3.13. The zero-order valence-corrected chi connectivity index (χ0v) is 13.9. The molecular formula is C14H19Cl3N2O2. The van der Waals surface area contributed by atoms with Gasteiger partial charge in [-0.1, -0.05) is 23.2 Å². The lowest BCUT2D eigenvalue weighted by Gasteiger charge is -2.11. The number of nitrogens with one attached hydrogen (secondary N) is 2. The molecule has 1 unspecified atom stereocenters. The van der Waals surface area contributed by atoms with E-state index in [0.717, 1.165) is 19.5 Å². The maximum absolute atomic E-state index is 11.7. The molecule has 1 aliphatic heterocycles. The molecule has 1 saturated heterocycles. The summed E-state index contributed by atoms with van der Waals surface area (Å²) in [6.07, 6.45) is 2.12. The summed E-state index contributed by atoms with van der Waals surface area (Å²) in [5.74, 6) is 0.668. The predicted octanol–water partition coefficient (Wildman–Crippen LogP) is 3.05. The zero-order valence-electron chi connectivity index (χ0n) is 11.5. The maximum atomic E-state index is 11.7. The van der Waals surface area contributed by atoms with Crippen LogP contribution in [-0.2, 0) is 4.79 Å². The first-order valence-electron chi connectivity index (χ1n) is 6.73. The van der Waals surface area contributed by atoms with Crippen LogP contribution in [0.15, 0.2) is 18.2 Å². The lowest BCUT2D eigenvalue weighted by atomic mass is 10.2. The fourth-order valence-electron chi connectivity index (χ4n) is 2.08. The van der Waals surface area contributed by atoms with Crippen LogP contribution in [0.25, 0.3) is 0 Å². The summed E-state index contributed by atoms with van der Waals surface area (Å²) >= 11 is 11.8. The summed E-state index contributed by atoms with van der Waals surface area (Å²) < 4.78 is 5.53. The van der Waals surface area contributed by atoms with Crippen molar-refractivity contribution >= 4 is 41.5 Å². The van der Waals surface area contributed by atoms with Gasteiger partial charge in [0.05, 0.1) is 11.6 Å². The Balaban J connectivity index is 0.00000220. The van der Waals surface area contributed by atoms with Gasteiger partial charge in [-0.3, -0.25) is 4.79 Å². The molecule has 1 amide bonds. The van der Waals surface area contributed by atoms with Crippen molar-refractivity contribution in [3.63, 3.8) is 0 Å². The molecule has 21 heavy (non-hydrogen) atoms. The van der Waals surface area contributed by atoms with Gasteiger partial charge in [-0.2, -0.15) is 0 Å². The second-order valence-electron chi connectivity index (χ2n) is 4.78. The van der Waals surface area contributed by atoms with Crippen molar-refractivity contribution in [3.8, 4) is 5.75 Å². The molecular weight excluding hydrogens is 335 g/mol. The van der Waals surface area contributed by atoms with Gasteiger partial charge in [-0.15, -0.1) is 12.4 Å². The van der Waals surface area contributed by atoms with Crippen LogP contribution in [0.4, 0.5) is 0 Å². The molecule has 2 rings (SSSR count). The summed E-state index contributed by atoms with van der Waals surface area (Å²) in [5.41, 5.74) is 0. The Kier molecular flexibility index (Phi) is 8.19. The maximum Gasteiger partial charge on any atom is 0.220 e. The van der Waals surface area contributed by atoms with Crippen molar-refractivity contribution < 1.29 is 9.53 Å². The molecule has 1 aromatic carbocycles. The van der Waals surface area contributed by atoms with Crippen LogP contribution in [0.3, 0.4) is 0 Å². The van der Waals surface area contributed by atoms with Gasteiger partial charge in [0.25, 0.3) is 0 Å². The predicted molar refractivity (Wildman–Crippen MR) is 87.9 cm³/mol. The number of ether oxygens (including phenoxy) is 1. The molecule has 1 fully saturated rings. The summed E-state index contributed by atoms with van der Waals surface area (Å²) in [6.45, 7) is 2.30. The molecule has 1 heterocycles. The summed E-state index contributed by atoms with van der Waals surface area (Å²) in [4.78, 5) is 11.7. The molecule has 7 heteroatoms. The van der Waals surface area contributed by atoms with Crippen LogP contribution >= 0.6 is 35.6 Å². The van der Waals surface area contributed by atoms with Gasteiger partial charge in [0.1, 0.15) is 5.75 Å². The average molecular weight is 354 g/mol. The summed E-state index contributed by atoms with van der Waals surface area (Å²) in [6, 6.07) is 5.37. The lowest BCUT2D eigenvalue weighted by molar-refractivity contribution is -0.121. The topological polar surface area (TPSA) is 50.4 Å². The van der Waals surface area contributed by atoms with Crippen LogP contribution in [0, 0.1) is 0 Å². The third-order valence-corrected chi connectivity index (χ3v) is 3.66. The number of benzene rings is 1. The number of carbonyl (C=O) groups is 1. The molecule has 2 N–H and O–H groups in total. The molecule has 0 spiro atoms. The van der Waals surface area contributed by atoms with E-state index in [9.17, 15) is 4.79 Å². The standard InChI is InChI=1S/C14H18Cl2N2O2.ClH/c15-10-3-4-13(12(16)8-10)20-7-1-2-14(19)18-11-5-6-17-9-11;/h3-4,8,11,17H,1-2,5-7,9H2,(H,18,19);1H. The summed E-state index contributed by atoms with van der Waals surface area (Å²) in [5, 5.41) is 7.27. The average Bonchev–Trinajstić information content (AvgIpc) is 2.89. The number of hydrogen-bond donors (Lipinski definition) is 2. The van der Waals surface area contributed by atoms with E-state index in [2.05, 4.69) is 10.6 Å². The van der Waals surface area contributed by atoms with Crippen LogP contribution in [0.2, 0.25) is 10.0 Å². The van der Waals surface area contributed by atoms with Crippen molar-refractivity contribution in [1.29, 1.82) is 0 Å². The Morgan fingerprint density at radius 3 is 2.90 bits per heavy atom. The van der Waals surface area contributed by atoms with Gasteiger partial charge in [0.2, 0.25) is 5.91 Å². The fourth-order valence-corrected chi connectivity index (χ4v) is 2.55. The first-order valence-corrected chi connectivity index (χ1v) is 7.48. The van der Waals surface area contributed by atoms with Crippen molar-refractivity contribution in [3.05, 3.63) is 28.2 Å². The van der Waals surface area contributed by atoms with Crippen molar-refractivity contribution in [2.45, 2.75) is 25.3 Å². The van der Waals surface area contributed by atoms with Crippen molar-refractivity contribution in [2.24, 2.45) is 0 Å². The minimum atomic E-state index is 0. The molecule has 1 atom stereocenters. The first kappa shape index (κ1) is 18.4. The molecule has 0 radical (unpaired) electrons. The molecule has 0 aromatic heterocycles. The molecule has 0 bridgehead atoms. The molecule has 1 aromatic rings. The van der Waals surface area contributed by atoms with Gasteiger partial charge < -0.3 is 15.4 Å². The van der Waals surface area contributed by atoms with E-state index in [4.69, 9.17) is 27.9 Å². The Morgan fingerprint density at radius 1 is 1.43 bits per heavy atom. The highest BCUT2D eigenvalue weighted by atomic mass is 35.5. The number of carbonyl (C=O) groups excluding carboxylic acids is 1. The van der Waals surface area contributed by atoms with E-state index >= 15 is 0 Å². The van der Waals surface area contributed by atoms with Gasteiger partial charge in [-0.25, -0.2) is 0 Å². The van der Waals surface area contributed by atoms with Gasteiger partial charge in [0, 0.05) is 24.0 Å². The van der Waals surface area contributed by atoms with Crippen LogP contribution in [0.5, 0.6) is 5.75 Å². The molecule has 118 valence electrons. The smallest absolute Gasteiger partial charge is 0.220 e. The molecule has 0 aliphatic carbocycles. The molecule has 4 nitrogen and oxygen atoms in total.